The van der Waals surface area contributed by atoms with E-state index in [0.29, 0.717) is 0 Å². The van der Waals surface area contributed by atoms with Gasteiger partial charge in [-0.25, -0.2) is 0 Å². The van der Waals surface area contributed by atoms with Gasteiger partial charge in [-0.05, 0) is 0 Å². The van der Waals surface area contributed by atoms with Gasteiger partial charge in [0.2, 0.25) is 0 Å². The summed E-state index contributed by atoms with van der Waals surface area (Å²) in [5.74, 6) is 0. The zero-order valence-electron chi connectivity index (χ0n) is 6.96. The van der Waals surface area contributed by atoms with Gasteiger partial charge in [0.15, 0.2) is 0 Å². The third-order valence-corrected chi connectivity index (χ3v) is 0.744. The van der Waals surface area contributed by atoms with Gasteiger partial charge >= 0.3 is 0 Å². The maximum Gasteiger partial charge on any atom is 0.0701 e. The molecule has 1 heterocycles. The Morgan fingerprint density at radius 2 is 1.18 bits per heavy atom. The molecule has 0 saturated carbocycles. The summed E-state index contributed by atoms with van der Waals surface area (Å²) < 4.78 is 19.4. The molecule has 0 spiro atoms. The Labute approximate surface area is 69.6 Å². The Bertz CT molecular complexity index is 77.1. The lowest BCUT2D eigenvalue weighted by Gasteiger charge is -2.09. The van der Waals surface area contributed by atoms with Gasteiger partial charge in [0, 0.05) is 23.3 Å². The molecule has 0 aromatic carbocycles. The van der Waals surface area contributed by atoms with Crippen molar-refractivity contribution in [1.29, 1.82) is 0 Å². The molecule has 0 unspecified atom stereocenters. The van der Waals surface area contributed by atoms with Crippen molar-refractivity contribution >= 4 is 10.8 Å². The number of hydrogen-bond donors (Lipinski definition) is 0. The third-order valence-electron chi connectivity index (χ3n) is 0.744. The van der Waals surface area contributed by atoms with Crippen molar-refractivity contribution in [2.45, 2.75) is 0 Å². The van der Waals surface area contributed by atoms with Crippen molar-refractivity contribution in [1.82, 2.24) is 0 Å². The van der Waals surface area contributed by atoms with E-state index >= 15 is 0 Å². The van der Waals surface area contributed by atoms with E-state index in [4.69, 9.17) is 9.47 Å². The molecule has 11 heavy (non-hydrogen) atoms. The van der Waals surface area contributed by atoms with E-state index in [9.17, 15) is 4.21 Å². The van der Waals surface area contributed by atoms with Crippen molar-refractivity contribution in [3.63, 3.8) is 0 Å². The fraction of sp³-hybridized carbons (Fsp3) is 1.00. The summed E-state index contributed by atoms with van der Waals surface area (Å²) in [6, 6.07) is 0. The Kier molecular flexibility index (Phi) is 12.4. The highest BCUT2D eigenvalue weighted by atomic mass is 32.2. The summed E-state index contributed by atoms with van der Waals surface area (Å²) in [4.78, 5) is 0. The normalized spacial score (nSPS) is 16.3. The lowest BCUT2D eigenvalue weighted by Crippen LogP contribution is -2.16. The lowest BCUT2D eigenvalue weighted by molar-refractivity contribution is -0.0334. The molecule has 2 N–H and O–H groups in total. The highest BCUT2D eigenvalue weighted by Gasteiger charge is 1.94. The second kappa shape index (κ2) is 10.0. The van der Waals surface area contributed by atoms with Gasteiger partial charge in [0.25, 0.3) is 0 Å². The van der Waals surface area contributed by atoms with Crippen molar-refractivity contribution in [2.24, 2.45) is 0 Å². The lowest BCUT2D eigenvalue weighted by atomic mass is 10.6. The van der Waals surface area contributed by atoms with Gasteiger partial charge in [-0.15, -0.1) is 0 Å². The Hall–Kier alpha value is 0.0300. The predicted octanol–water partition coefficient (Wildman–Crippen LogP) is -0.797. The van der Waals surface area contributed by atoms with Crippen molar-refractivity contribution in [3.05, 3.63) is 0 Å². The van der Waals surface area contributed by atoms with E-state index in [0.717, 1.165) is 26.4 Å². The van der Waals surface area contributed by atoms with E-state index in [1.807, 2.05) is 0 Å². The predicted molar refractivity (Wildman–Crippen MR) is 45.2 cm³/mol. The number of ether oxygens (including phenoxy) is 2. The minimum atomic E-state index is -0.611. The van der Waals surface area contributed by atoms with Crippen LogP contribution >= 0.6 is 0 Å². The molecule has 0 amide bonds. The molecule has 0 aliphatic carbocycles. The molecule has 0 radical (unpaired) electrons. The molecule has 0 aromatic rings. The first-order chi connectivity index (χ1) is 4.73. The average molecular weight is 184 g/mol. The monoisotopic (exact) mass is 184 g/mol. The molecule has 1 rings (SSSR count). The molecule has 0 bridgehead atoms. The quantitative estimate of drug-likeness (QED) is 0.495. The zero-order valence-corrected chi connectivity index (χ0v) is 7.78. The fourth-order valence-electron chi connectivity index (χ4n) is 0.440. The van der Waals surface area contributed by atoms with Gasteiger partial charge in [0.05, 0.1) is 26.4 Å². The molecule has 4 nitrogen and oxygen atoms in total. The van der Waals surface area contributed by atoms with Gasteiger partial charge in [0.1, 0.15) is 0 Å². The van der Waals surface area contributed by atoms with Crippen LogP contribution in [0.4, 0.5) is 0 Å². The minimum Gasteiger partial charge on any atom is -0.412 e. The van der Waals surface area contributed by atoms with Crippen LogP contribution in [-0.2, 0) is 20.3 Å². The van der Waals surface area contributed by atoms with E-state index < -0.39 is 10.8 Å². The van der Waals surface area contributed by atoms with Crippen LogP contribution in [0.3, 0.4) is 0 Å². The average Bonchev–Trinajstić information content (AvgIpc) is 1.90. The summed E-state index contributed by atoms with van der Waals surface area (Å²) >= 11 is 0. The van der Waals surface area contributed by atoms with E-state index in [-0.39, 0.29) is 5.48 Å². The van der Waals surface area contributed by atoms with Crippen LogP contribution in [0.5, 0.6) is 0 Å². The zero-order chi connectivity index (χ0) is 7.82. The smallest absolute Gasteiger partial charge is 0.0701 e. The molecule has 0 atom stereocenters. The van der Waals surface area contributed by atoms with Crippen LogP contribution in [0.2, 0.25) is 0 Å². The molecule has 1 fully saturated rings. The van der Waals surface area contributed by atoms with E-state index in [1.165, 1.54) is 0 Å². The Morgan fingerprint density at radius 3 is 1.27 bits per heavy atom. The molecular weight excluding hydrogens is 168 g/mol. The molecule has 1 aliphatic rings. The Morgan fingerprint density at radius 1 is 1.00 bits per heavy atom. The topological polar surface area (TPSA) is 67.0 Å². The van der Waals surface area contributed by atoms with Crippen molar-refractivity contribution < 1.29 is 19.2 Å². The third kappa shape index (κ3) is 17.8. The van der Waals surface area contributed by atoms with Crippen molar-refractivity contribution in [2.75, 3.05) is 38.9 Å². The second-order valence-electron chi connectivity index (χ2n) is 1.97. The first-order valence-electron chi connectivity index (χ1n) is 3.14. The first-order valence-corrected chi connectivity index (χ1v) is 5.10. The number of hydrogen-bond acceptors (Lipinski definition) is 3. The molecule has 5 heteroatoms. The highest BCUT2D eigenvalue weighted by Crippen LogP contribution is 1.85. The maximum atomic E-state index is 9.56. The van der Waals surface area contributed by atoms with Crippen LogP contribution in [0, 0.1) is 0 Å². The van der Waals surface area contributed by atoms with Crippen LogP contribution in [0.15, 0.2) is 0 Å². The summed E-state index contributed by atoms with van der Waals surface area (Å²) in [5, 5.41) is 0. The first kappa shape index (κ1) is 13.6. The summed E-state index contributed by atoms with van der Waals surface area (Å²) in [5.41, 5.74) is 0. The minimum absolute atomic E-state index is 0. The molecule has 70 valence electrons. The van der Waals surface area contributed by atoms with Crippen LogP contribution in [0.25, 0.3) is 0 Å². The molecule has 0 aromatic heterocycles. The van der Waals surface area contributed by atoms with Crippen LogP contribution < -0.4 is 0 Å². The standard InChI is InChI=1S/C4H8O2.C2H6OS.H2O/c1-2-6-4-3-5-1;1-4(2)3;/h1-4H2;1-2H3;1H2. The molecular formula is C6H16O4S. The SMILES string of the molecule is C1COCCO1.CS(C)=O.O. The van der Waals surface area contributed by atoms with Crippen LogP contribution in [-0.4, -0.2) is 48.6 Å². The fourth-order valence-corrected chi connectivity index (χ4v) is 0.440. The summed E-state index contributed by atoms with van der Waals surface area (Å²) in [6.07, 6.45) is 3.28. The largest absolute Gasteiger partial charge is 0.412 e. The summed E-state index contributed by atoms with van der Waals surface area (Å²) in [7, 11) is -0.611. The van der Waals surface area contributed by atoms with Gasteiger partial charge in [-0.2, -0.15) is 0 Å². The van der Waals surface area contributed by atoms with E-state index in [2.05, 4.69) is 0 Å². The summed E-state index contributed by atoms with van der Waals surface area (Å²) in [6.45, 7) is 3.11. The van der Waals surface area contributed by atoms with E-state index in [1.54, 1.807) is 12.5 Å². The van der Waals surface area contributed by atoms with Gasteiger partial charge < -0.3 is 14.9 Å². The molecule has 1 aliphatic heterocycles. The van der Waals surface area contributed by atoms with Crippen LogP contribution in [0.1, 0.15) is 0 Å². The molecule has 1 saturated heterocycles. The number of rotatable bonds is 0. The Balaban J connectivity index is 0. The van der Waals surface area contributed by atoms with Crippen molar-refractivity contribution in [3.8, 4) is 0 Å². The van der Waals surface area contributed by atoms with Gasteiger partial charge in [-0.1, -0.05) is 0 Å². The van der Waals surface area contributed by atoms with Gasteiger partial charge in [-0.3, -0.25) is 4.21 Å². The second-order valence-corrected chi connectivity index (χ2v) is 3.45. The highest BCUT2D eigenvalue weighted by molar-refractivity contribution is 7.83. The maximum absolute atomic E-state index is 9.56.